The van der Waals surface area contributed by atoms with E-state index in [2.05, 4.69) is 20.1 Å². The van der Waals surface area contributed by atoms with Crippen molar-refractivity contribution in [3.8, 4) is 5.69 Å². The van der Waals surface area contributed by atoms with E-state index in [1.54, 1.807) is 29.2 Å². The molecule has 8 nitrogen and oxygen atoms in total. The standard InChI is InChI=1S/C20H21N5O3S/c1-15(17-6-8-18(9-7-17)25-14-22-13-23-25)24-20(26)12-5-16-3-10-19(11-4-16)29(27,28)21-2/h3-15,21H,1-2H3,(H,24,26)/b12-5+. The van der Waals surface area contributed by atoms with Crippen LogP contribution in [-0.4, -0.2) is 36.1 Å². The maximum Gasteiger partial charge on any atom is 0.244 e. The van der Waals surface area contributed by atoms with Gasteiger partial charge in [0.05, 0.1) is 16.6 Å². The van der Waals surface area contributed by atoms with Gasteiger partial charge in [-0.2, -0.15) is 5.10 Å². The van der Waals surface area contributed by atoms with Crippen LogP contribution in [0.1, 0.15) is 24.1 Å². The zero-order chi connectivity index (χ0) is 20.9. The van der Waals surface area contributed by atoms with E-state index < -0.39 is 10.0 Å². The number of benzene rings is 2. The van der Waals surface area contributed by atoms with E-state index in [1.165, 1.54) is 31.6 Å². The van der Waals surface area contributed by atoms with Gasteiger partial charge in [-0.25, -0.2) is 22.8 Å². The van der Waals surface area contributed by atoms with Crippen LogP contribution in [0.15, 0.2) is 72.2 Å². The predicted octanol–water partition coefficient (Wildman–Crippen LogP) is 2.07. The molecule has 0 fully saturated rings. The van der Waals surface area contributed by atoms with Crippen molar-refractivity contribution < 1.29 is 13.2 Å². The third-order valence-electron chi connectivity index (χ3n) is 4.32. The first-order valence-corrected chi connectivity index (χ1v) is 10.3. The summed E-state index contributed by atoms with van der Waals surface area (Å²) in [5, 5.41) is 6.97. The van der Waals surface area contributed by atoms with Crippen molar-refractivity contribution in [1.29, 1.82) is 0 Å². The number of sulfonamides is 1. The fourth-order valence-corrected chi connectivity index (χ4v) is 3.38. The van der Waals surface area contributed by atoms with Gasteiger partial charge in [-0.15, -0.1) is 0 Å². The third-order valence-corrected chi connectivity index (χ3v) is 5.75. The Labute approximate surface area is 169 Å². The van der Waals surface area contributed by atoms with Crippen molar-refractivity contribution in [1.82, 2.24) is 24.8 Å². The molecule has 150 valence electrons. The van der Waals surface area contributed by atoms with Crippen LogP contribution in [0.2, 0.25) is 0 Å². The Kier molecular flexibility index (Phi) is 6.20. The van der Waals surface area contributed by atoms with Crippen LogP contribution >= 0.6 is 0 Å². The van der Waals surface area contributed by atoms with E-state index in [9.17, 15) is 13.2 Å². The fraction of sp³-hybridized carbons (Fsp3) is 0.150. The SMILES string of the molecule is CNS(=O)(=O)c1ccc(/C=C/C(=O)NC(C)c2ccc(-n3cncn3)cc2)cc1. The van der Waals surface area contributed by atoms with Gasteiger partial charge in [-0.05, 0) is 55.4 Å². The molecule has 1 aromatic heterocycles. The second kappa shape index (κ2) is 8.80. The molecule has 0 spiro atoms. The highest BCUT2D eigenvalue weighted by Crippen LogP contribution is 2.15. The van der Waals surface area contributed by atoms with Gasteiger partial charge in [-0.1, -0.05) is 24.3 Å². The third kappa shape index (κ3) is 5.15. The Hall–Kier alpha value is -3.30. The topological polar surface area (TPSA) is 106 Å². The number of carbonyl (C=O) groups is 1. The van der Waals surface area contributed by atoms with Gasteiger partial charge in [0.25, 0.3) is 0 Å². The minimum absolute atomic E-state index is 0.171. The van der Waals surface area contributed by atoms with Gasteiger partial charge < -0.3 is 5.32 Å². The van der Waals surface area contributed by atoms with Gasteiger partial charge in [0.2, 0.25) is 15.9 Å². The highest BCUT2D eigenvalue weighted by Gasteiger charge is 2.10. The molecule has 0 aliphatic carbocycles. The van der Waals surface area contributed by atoms with E-state index in [1.807, 2.05) is 31.2 Å². The molecule has 1 unspecified atom stereocenters. The summed E-state index contributed by atoms with van der Waals surface area (Å²) >= 11 is 0. The van der Waals surface area contributed by atoms with Crippen molar-refractivity contribution in [3.05, 3.63) is 78.4 Å². The molecule has 0 saturated carbocycles. The lowest BCUT2D eigenvalue weighted by Gasteiger charge is -2.13. The Bertz CT molecular complexity index is 1090. The largest absolute Gasteiger partial charge is 0.346 e. The number of carbonyl (C=O) groups excluding carboxylic acids is 1. The number of hydrogen-bond donors (Lipinski definition) is 2. The van der Waals surface area contributed by atoms with E-state index in [-0.39, 0.29) is 16.8 Å². The van der Waals surface area contributed by atoms with Crippen LogP contribution in [0, 0.1) is 0 Å². The molecule has 0 radical (unpaired) electrons. The lowest BCUT2D eigenvalue weighted by Crippen LogP contribution is -2.24. The Morgan fingerprint density at radius 2 is 1.79 bits per heavy atom. The molecule has 9 heteroatoms. The quantitative estimate of drug-likeness (QED) is 0.579. The summed E-state index contributed by atoms with van der Waals surface area (Å²) in [5.41, 5.74) is 2.56. The molecule has 3 aromatic rings. The van der Waals surface area contributed by atoms with Crippen molar-refractivity contribution in [2.75, 3.05) is 7.05 Å². The van der Waals surface area contributed by atoms with Crippen LogP contribution in [0.3, 0.4) is 0 Å². The number of nitrogens with one attached hydrogen (secondary N) is 2. The fourth-order valence-electron chi connectivity index (χ4n) is 2.65. The van der Waals surface area contributed by atoms with E-state index in [0.717, 1.165) is 16.8 Å². The number of amides is 1. The maximum atomic E-state index is 12.2. The second-order valence-corrected chi connectivity index (χ2v) is 8.16. The predicted molar refractivity (Wildman–Crippen MR) is 110 cm³/mol. The first-order chi connectivity index (χ1) is 13.9. The molecule has 1 atom stereocenters. The van der Waals surface area contributed by atoms with E-state index >= 15 is 0 Å². The zero-order valence-electron chi connectivity index (χ0n) is 16.0. The highest BCUT2D eigenvalue weighted by molar-refractivity contribution is 7.89. The summed E-state index contributed by atoms with van der Waals surface area (Å²) in [6.45, 7) is 1.90. The molecule has 3 rings (SSSR count). The molecular weight excluding hydrogens is 390 g/mol. The second-order valence-electron chi connectivity index (χ2n) is 6.27. The summed E-state index contributed by atoms with van der Waals surface area (Å²) in [4.78, 5) is 16.3. The summed E-state index contributed by atoms with van der Waals surface area (Å²) in [5.74, 6) is -0.246. The molecular formula is C20H21N5O3S. The molecule has 0 aliphatic rings. The number of rotatable bonds is 7. The van der Waals surface area contributed by atoms with Crippen LogP contribution in [0.5, 0.6) is 0 Å². The molecule has 0 bridgehead atoms. The molecule has 2 N–H and O–H groups in total. The van der Waals surface area contributed by atoms with Crippen LogP contribution in [-0.2, 0) is 14.8 Å². The Morgan fingerprint density at radius 1 is 1.10 bits per heavy atom. The average Bonchev–Trinajstić information content (AvgIpc) is 3.27. The van der Waals surface area contributed by atoms with Crippen molar-refractivity contribution in [3.63, 3.8) is 0 Å². The lowest BCUT2D eigenvalue weighted by molar-refractivity contribution is -0.117. The highest BCUT2D eigenvalue weighted by atomic mass is 32.2. The van der Waals surface area contributed by atoms with Crippen LogP contribution in [0.25, 0.3) is 11.8 Å². The summed E-state index contributed by atoms with van der Waals surface area (Å²) in [7, 11) is -2.11. The van der Waals surface area contributed by atoms with Crippen molar-refractivity contribution >= 4 is 22.0 Å². The minimum atomic E-state index is -3.47. The number of nitrogens with zero attached hydrogens (tertiary/aromatic N) is 3. The molecule has 29 heavy (non-hydrogen) atoms. The molecule has 2 aromatic carbocycles. The lowest BCUT2D eigenvalue weighted by atomic mass is 10.1. The summed E-state index contributed by atoms with van der Waals surface area (Å²) in [6, 6.07) is 13.7. The Morgan fingerprint density at radius 3 is 2.38 bits per heavy atom. The minimum Gasteiger partial charge on any atom is -0.346 e. The number of aromatic nitrogens is 3. The van der Waals surface area contributed by atoms with Gasteiger partial charge in [0, 0.05) is 6.08 Å². The summed E-state index contributed by atoms with van der Waals surface area (Å²) < 4.78 is 27.4. The zero-order valence-corrected chi connectivity index (χ0v) is 16.8. The van der Waals surface area contributed by atoms with Gasteiger partial charge in [0.15, 0.2) is 0 Å². The van der Waals surface area contributed by atoms with E-state index in [4.69, 9.17) is 0 Å². The molecule has 1 heterocycles. The monoisotopic (exact) mass is 411 g/mol. The van der Waals surface area contributed by atoms with Gasteiger partial charge in [-0.3, -0.25) is 4.79 Å². The van der Waals surface area contributed by atoms with Gasteiger partial charge >= 0.3 is 0 Å². The number of hydrogen-bond acceptors (Lipinski definition) is 5. The summed E-state index contributed by atoms with van der Waals surface area (Å²) in [6.07, 6.45) is 6.13. The first-order valence-electron chi connectivity index (χ1n) is 8.86. The normalized spacial score (nSPS) is 12.8. The molecule has 0 aliphatic heterocycles. The van der Waals surface area contributed by atoms with Crippen LogP contribution in [0.4, 0.5) is 0 Å². The Balaban J connectivity index is 1.60. The first kappa shape index (κ1) is 20.4. The van der Waals surface area contributed by atoms with Crippen molar-refractivity contribution in [2.24, 2.45) is 0 Å². The molecule has 1 amide bonds. The smallest absolute Gasteiger partial charge is 0.244 e. The van der Waals surface area contributed by atoms with Crippen LogP contribution < -0.4 is 10.0 Å². The average molecular weight is 411 g/mol. The maximum absolute atomic E-state index is 12.2. The van der Waals surface area contributed by atoms with Gasteiger partial charge in [0.1, 0.15) is 12.7 Å². The van der Waals surface area contributed by atoms with Crippen molar-refractivity contribution in [2.45, 2.75) is 17.9 Å². The van der Waals surface area contributed by atoms with E-state index in [0.29, 0.717) is 0 Å². The molecule has 0 saturated heterocycles.